The summed E-state index contributed by atoms with van der Waals surface area (Å²) in [6.45, 7) is 4.64. The molecule has 0 spiro atoms. The molecule has 0 fully saturated rings. The van der Waals surface area contributed by atoms with Crippen LogP contribution < -0.4 is 0 Å². The Hall–Kier alpha value is -1.81. The number of halogens is 1. The Morgan fingerprint density at radius 1 is 0.477 bits per heavy atom. The Labute approximate surface area is 277 Å². The third kappa shape index (κ3) is 34.7. The predicted octanol–water partition coefficient (Wildman–Crippen LogP) is 12.3. The van der Waals surface area contributed by atoms with Gasteiger partial charge in [0.2, 0.25) is 0 Å². The molecule has 0 amide bonds. The average molecular weight is 635 g/mol. The van der Waals surface area contributed by atoms with E-state index in [1.54, 1.807) is 0 Å². The van der Waals surface area contributed by atoms with Gasteiger partial charge in [-0.3, -0.25) is 9.59 Å². The summed E-state index contributed by atoms with van der Waals surface area (Å²) < 4.78 is 10.5. The number of ether oxygens (including phenoxy) is 2. The van der Waals surface area contributed by atoms with E-state index in [1.165, 1.54) is 77.0 Å². The van der Waals surface area contributed by atoms with Crippen molar-refractivity contribution >= 4 is 23.5 Å². The second kappa shape index (κ2) is 35.7. The quantitative estimate of drug-likeness (QED) is 0.0319. The van der Waals surface area contributed by atoms with E-state index in [0.29, 0.717) is 12.8 Å². The Balaban J connectivity index is 3.51. The molecule has 5 heteroatoms. The van der Waals surface area contributed by atoms with E-state index < -0.39 is 5.38 Å². The summed E-state index contributed by atoms with van der Waals surface area (Å²) in [5.74, 6) is -0.449. The zero-order chi connectivity index (χ0) is 32.2. The van der Waals surface area contributed by atoms with Crippen LogP contribution in [0.2, 0.25) is 0 Å². The molecule has 0 bridgehead atoms. The fraction of sp³-hybridized carbons (Fsp3) is 0.744. The zero-order valence-corrected chi connectivity index (χ0v) is 29.3. The lowest BCUT2D eigenvalue weighted by Gasteiger charge is -2.11. The van der Waals surface area contributed by atoms with Crippen LogP contribution in [0.1, 0.15) is 168 Å². The standard InChI is InChI=1S/C39H67ClO4/c1-3-5-7-9-11-13-15-17-19-21-23-25-27-29-31-33-38(41)43-35-37(40)36-44-39(42)34-32-30-28-26-24-22-20-18-16-14-12-10-8-6-4-2/h11-14,17-20,37H,3-10,15-16,21-36H2,1-2H3. The number of hydrogen-bond donors (Lipinski definition) is 0. The second-order valence-corrected chi connectivity index (χ2v) is 12.5. The van der Waals surface area contributed by atoms with E-state index in [1.807, 2.05) is 0 Å². The summed E-state index contributed by atoms with van der Waals surface area (Å²) in [5.41, 5.74) is 0. The van der Waals surface area contributed by atoms with Crippen molar-refractivity contribution in [1.82, 2.24) is 0 Å². The lowest BCUT2D eigenvalue weighted by molar-refractivity contribution is -0.146. The van der Waals surface area contributed by atoms with Crippen LogP contribution in [0.3, 0.4) is 0 Å². The van der Waals surface area contributed by atoms with Gasteiger partial charge in [-0.25, -0.2) is 0 Å². The summed E-state index contributed by atoms with van der Waals surface area (Å²) in [4.78, 5) is 24.0. The fourth-order valence-corrected chi connectivity index (χ4v) is 4.85. The van der Waals surface area contributed by atoms with Gasteiger partial charge in [-0.1, -0.05) is 127 Å². The molecule has 254 valence electrons. The highest BCUT2D eigenvalue weighted by molar-refractivity contribution is 6.21. The van der Waals surface area contributed by atoms with Crippen LogP contribution in [0.25, 0.3) is 0 Å². The van der Waals surface area contributed by atoms with E-state index >= 15 is 0 Å². The van der Waals surface area contributed by atoms with Crippen LogP contribution in [-0.2, 0) is 19.1 Å². The second-order valence-electron chi connectivity index (χ2n) is 11.9. The molecule has 0 heterocycles. The number of rotatable bonds is 32. The number of hydrogen-bond acceptors (Lipinski definition) is 4. The maximum Gasteiger partial charge on any atom is 0.305 e. The summed E-state index contributed by atoms with van der Waals surface area (Å²) in [7, 11) is 0. The van der Waals surface area contributed by atoms with Crippen LogP contribution in [0.5, 0.6) is 0 Å². The first-order chi connectivity index (χ1) is 21.6. The van der Waals surface area contributed by atoms with Crippen molar-refractivity contribution in [3.05, 3.63) is 48.6 Å². The van der Waals surface area contributed by atoms with Gasteiger partial charge in [-0.05, 0) is 77.0 Å². The molecule has 44 heavy (non-hydrogen) atoms. The number of esters is 2. The first-order valence-electron chi connectivity index (χ1n) is 18.1. The fourth-order valence-electron chi connectivity index (χ4n) is 4.72. The van der Waals surface area contributed by atoms with Gasteiger partial charge in [0.05, 0.1) is 0 Å². The maximum absolute atomic E-state index is 12.0. The number of carbonyl (C=O) groups is 2. The molecule has 0 aliphatic rings. The molecule has 0 atom stereocenters. The van der Waals surface area contributed by atoms with Crippen LogP contribution in [0.15, 0.2) is 48.6 Å². The lowest BCUT2D eigenvalue weighted by atomic mass is 10.1. The van der Waals surface area contributed by atoms with Gasteiger partial charge in [0.15, 0.2) is 0 Å². The van der Waals surface area contributed by atoms with E-state index in [4.69, 9.17) is 21.1 Å². The average Bonchev–Trinajstić information content (AvgIpc) is 3.02. The molecule has 0 rings (SSSR count). The predicted molar refractivity (Wildman–Crippen MR) is 190 cm³/mol. The van der Waals surface area contributed by atoms with Crippen LogP contribution in [0.4, 0.5) is 0 Å². The Morgan fingerprint density at radius 2 is 0.795 bits per heavy atom. The topological polar surface area (TPSA) is 52.6 Å². The number of allylic oxidation sites excluding steroid dienone is 8. The summed E-state index contributed by atoms with van der Waals surface area (Å²) >= 11 is 6.19. The number of carbonyl (C=O) groups excluding carboxylic acids is 2. The van der Waals surface area contributed by atoms with Gasteiger partial charge in [-0.2, -0.15) is 0 Å². The molecule has 0 saturated carbocycles. The molecule has 0 saturated heterocycles. The SMILES string of the molecule is CCCCCC=CCC=CCCCCCCCC(=O)OCC(Cl)COC(=O)CCCCCCCC=CCC=CCCCCC. The highest BCUT2D eigenvalue weighted by atomic mass is 35.5. The number of unbranched alkanes of at least 4 members (excludes halogenated alkanes) is 16. The van der Waals surface area contributed by atoms with Gasteiger partial charge in [0.25, 0.3) is 0 Å². The van der Waals surface area contributed by atoms with Crippen LogP contribution in [0, 0.1) is 0 Å². The Bertz CT molecular complexity index is 693. The van der Waals surface area contributed by atoms with Crippen molar-refractivity contribution in [2.24, 2.45) is 0 Å². The van der Waals surface area contributed by atoms with Gasteiger partial charge < -0.3 is 9.47 Å². The molecule has 0 aliphatic heterocycles. The first kappa shape index (κ1) is 42.2. The molecule has 0 aromatic heterocycles. The summed E-state index contributed by atoms with van der Waals surface area (Å²) in [6, 6.07) is 0. The minimum atomic E-state index is -0.503. The zero-order valence-electron chi connectivity index (χ0n) is 28.6. The molecular formula is C39H67ClO4. The Kier molecular flexibility index (Phi) is 34.2. The summed E-state index contributed by atoms with van der Waals surface area (Å²) in [6.07, 6.45) is 44.4. The lowest BCUT2D eigenvalue weighted by Crippen LogP contribution is -2.21. The third-order valence-electron chi connectivity index (χ3n) is 7.51. The maximum atomic E-state index is 12.0. The van der Waals surface area contributed by atoms with Crippen molar-refractivity contribution in [2.75, 3.05) is 13.2 Å². The minimum absolute atomic E-state index is 0.0810. The Morgan fingerprint density at radius 3 is 1.16 bits per heavy atom. The van der Waals surface area contributed by atoms with Crippen molar-refractivity contribution in [3.63, 3.8) is 0 Å². The van der Waals surface area contributed by atoms with E-state index in [9.17, 15) is 9.59 Å². The molecule has 0 radical (unpaired) electrons. The normalized spacial score (nSPS) is 12.7. The molecule has 0 unspecified atom stereocenters. The smallest absolute Gasteiger partial charge is 0.305 e. The molecule has 0 N–H and O–H groups in total. The van der Waals surface area contributed by atoms with E-state index in [2.05, 4.69) is 62.5 Å². The van der Waals surface area contributed by atoms with Crippen molar-refractivity contribution in [1.29, 1.82) is 0 Å². The van der Waals surface area contributed by atoms with Gasteiger partial charge in [0.1, 0.15) is 18.6 Å². The molecule has 0 aliphatic carbocycles. The molecular weight excluding hydrogens is 568 g/mol. The minimum Gasteiger partial charge on any atom is -0.464 e. The monoisotopic (exact) mass is 634 g/mol. The van der Waals surface area contributed by atoms with Gasteiger partial charge >= 0.3 is 11.9 Å². The van der Waals surface area contributed by atoms with Crippen molar-refractivity contribution in [2.45, 2.75) is 173 Å². The van der Waals surface area contributed by atoms with Crippen LogP contribution in [-0.4, -0.2) is 30.5 Å². The highest BCUT2D eigenvalue weighted by Gasteiger charge is 2.12. The van der Waals surface area contributed by atoms with Crippen LogP contribution >= 0.6 is 11.6 Å². The first-order valence-corrected chi connectivity index (χ1v) is 18.6. The molecule has 4 nitrogen and oxygen atoms in total. The van der Waals surface area contributed by atoms with Crippen molar-refractivity contribution < 1.29 is 19.1 Å². The van der Waals surface area contributed by atoms with Gasteiger partial charge in [0, 0.05) is 12.8 Å². The largest absolute Gasteiger partial charge is 0.464 e. The summed E-state index contributed by atoms with van der Waals surface area (Å²) in [5, 5.41) is -0.503. The highest BCUT2D eigenvalue weighted by Crippen LogP contribution is 2.11. The van der Waals surface area contributed by atoms with E-state index in [0.717, 1.165) is 64.2 Å². The van der Waals surface area contributed by atoms with E-state index in [-0.39, 0.29) is 25.2 Å². The molecule has 0 aromatic rings. The van der Waals surface area contributed by atoms with Gasteiger partial charge in [-0.15, -0.1) is 11.6 Å². The molecule has 0 aromatic carbocycles. The number of alkyl halides is 1. The third-order valence-corrected chi connectivity index (χ3v) is 7.77. The van der Waals surface area contributed by atoms with Crippen molar-refractivity contribution in [3.8, 4) is 0 Å².